The highest BCUT2D eigenvalue weighted by atomic mass is 79.9. The van der Waals surface area contributed by atoms with Crippen LogP contribution < -0.4 is 0 Å². The summed E-state index contributed by atoms with van der Waals surface area (Å²) in [6.07, 6.45) is 1.77. The van der Waals surface area contributed by atoms with Crippen LogP contribution in [0.5, 0.6) is 0 Å². The van der Waals surface area contributed by atoms with E-state index in [0.717, 1.165) is 15.7 Å². The van der Waals surface area contributed by atoms with Crippen molar-refractivity contribution >= 4 is 15.9 Å². The number of rotatable bonds is 1. The fraction of sp³-hybridized carbons (Fsp3) is 0.308. The number of nitrogens with zero attached hydrogens (tertiary/aromatic N) is 2. The summed E-state index contributed by atoms with van der Waals surface area (Å²) in [7, 11) is 0. The maximum absolute atomic E-state index is 12.9. The van der Waals surface area contributed by atoms with E-state index in [9.17, 15) is 4.39 Å². The van der Waals surface area contributed by atoms with E-state index in [4.69, 9.17) is 0 Å². The van der Waals surface area contributed by atoms with Gasteiger partial charge in [-0.05, 0) is 61.0 Å². The minimum absolute atomic E-state index is 0.115. The molecule has 0 spiro atoms. The van der Waals surface area contributed by atoms with Gasteiger partial charge >= 0.3 is 0 Å². The summed E-state index contributed by atoms with van der Waals surface area (Å²) < 4.78 is 15.8. The Kier molecular flexibility index (Phi) is 3.08. The van der Waals surface area contributed by atoms with Crippen molar-refractivity contribution in [1.82, 2.24) is 9.78 Å². The van der Waals surface area contributed by atoms with Crippen LogP contribution >= 0.6 is 15.9 Å². The lowest BCUT2D eigenvalue weighted by Gasteiger charge is -2.22. The lowest BCUT2D eigenvalue weighted by atomic mass is 10.1. The van der Waals surface area contributed by atoms with Crippen molar-refractivity contribution < 1.29 is 4.39 Å². The number of aromatic nitrogens is 2. The lowest BCUT2D eigenvalue weighted by Crippen LogP contribution is -2.23. The van der Waals surface area contributed by atoms with Crippen molar-refractivity contribution in [3.63, 3.8) is 0 Å². The summed E-state index contributed by atoms with van der Waals surface area (Å²) in [6.45, 7) is 6.25. The van der Waals surface area contributed by atoms with E-state index in [1.807, 2.05) is 4.68 Å². The molecule has 90 valence electrons. The third kappa shape index (κ3) is 2.41. The first-order valence-corrected chi connectivity index (χ1v) is 6.19. The number of hydrogen-bond acceptors (Lipinski definition) is 1. The van der Waals surface area contributed by atoms with Gasteiger partial charge in [-0.3, -0.25) is 4.68 Å². The molecule has 1 aromatic heterocycles. The van der Waals surface area contributed by atoms with Crippen LogP contribution in [0.1, 0.15) is 20.8 Å². The number of halogens is 2. The maximum atomic E-state index is 12.9. The Bertz CT molecular complexity index is 523. The van der Waals surface area contributed by atoms with E-state index in [1.165, 1.54) is 12.1 Å². The van der Waals surface area contributed by atoms with Gasteiger partial charge in [0.25, 0.3) is 0 Å². The van der Waals surface area contributed by atoms with Crippen molar-refractivity contribution in [2.45, 2.75) is 26.3 Å². The smallest absolute Gasteiger partial charge is 0.123 e. The predicted molar refractivity (Wildman–Crippen MR) is 70.3 cm³/mol. The first-order valence-electron chi connectivity index (χ1n) is 5.39. The summed E-state index contributed by atoms with van der Waals surface area (Å²) in [5.74, 6) is -0.230. The number of hydrogen-bond donors (Lipinski definition) is 0. The second-order valence-corrected chi connectivity index (χ2v) is 5.78. The second-order valence-electron chi connectivity index (χ2n) is 4.93. The van der Waals surface area contributed by atoms with E-state index in [0.29, 0.717) is 0 Å². The van der Waals surface area contributed by atoms with Crippen LogP contribution in [-0.4, -0.2) is 9.78 Å². The summed E-state index contributed by atoms with van der Waals surface area (Å²) in [5, 5.41) is 4.36. The highest BCUT2D eigenvalue weighted by molar-refractivity contribution is 9.10. The van der Waals surface area contributed by atoms with Crippen LogP contribution in [-0.2, 0) is 5.54 Å². The minimum Gasteiger partial charge on any atom is -0.258 e. The van der Waals surface area contributed by atoms with Crippen LogP contribution in [0.3, 0.4) is 0 Å². The predicted octanol–water partition coefficient (Wildman–Crippen LogP) is 4.21. The van der Waals surface area contributed by atoms with Crippen molar-refractivity contribution in [2.24, 2.45) is 0 Å². The molecule has 1 aromatic carbocycles. The zero-order valence-electron chi connectivity index (χ0n) is 10.0. The van der Waals surface area contributed by atoms with Gasteiger partial charge in [-0.2, -0.15) is 5.10 Å². The lowest BCUT2D eigenvalue weighted by molar-refractivity contribution is 0.360. The molecular formula is C13H14BrFN2. The Labute approximate surface area is 109 Å². The second kappa shape index (κ2) is 4.26. The molecule has 2 rings (SSSR count). The molecule has 0 bridgehead atoms. The fourth-order valence-corrected chi connectivity index (χ4v) is 2.19. The average molecular weight is 297 g/mol. The van der Waals surface area contributed by atoms with Crippen LogP contribution in [0, 0.1) is 5.82 Å². The molecule has 0 aliphatic rings. The van der Waals surface area contributed by atoms with E-state index in [-0.39, 0.29) is 11.4 Å². The van der Waals surface area contributed by atoms with Gasteiger partial charge in [0.15, 0.2) is 0 Å². The topological polar surface area (TPSA) is 17.8 Å². The molecular weight excluding hydrogens is 283 g/mol. The fourth-order valence-electron chi connectivity index (χ4n) is 1.71. The molecule has 1 heterocycles. The maximum Gasteiger partial charge on any atom is 0.123 e. The molecule has 0 aliphatic heterocycles. The highest BCUT2D eigenvalue weighted by Gasteiger charge is 2.20. The molecule has 0 unspecified atom stereocenters. The molecule has 4 heteroatoms. The zero-order valence-corrected chi connectivity index (χ0v) is 11.6. The van der Waals surface area contributed by atoms with Gasteiger partial charge in [-0.1, -0.05) is 0 Å². The Morgan fingerprint density at radius 3 is 2.29 bits per heavy atom. The normalized spacial score (nSPS) is 11.8. The molecule has 0 N–H and O–H groups in total. The summed E-state index contributed by atoms with van der Waals surface area (Å²) >= 11 is 3.49. The van der Waals surface area contributed by atoms with E-state index in [1.54, 1.807) is 18.3 Å². The van der Waals surface area contributed by atoms with Crippen molar-refractivity contribution in [2.75, 3.05) is 0 Å². The monoisotopic (exact) mass is 296 g/mol. The Morgan fingerprint density at radius 1 is 1.18 bits per heavy atom. The summed E-state index contributed by atoms with van der Waals surface area (Å²) in [6, 6.07) is 6.45. The van der Waals surface area contributed by atoms with Crippen molar-refractivity contribution in [1.29, 1.82) is 0 Å². The third-order valence-electron chi connectivity index (χ3n) is 2.48. The van der Waals surface area contributed by atoms with Crippen LogP contribution in [0.4, 0.5) is 4.39 Å². The summed E-state index contributed by atoms with van der Waals surface area (Å²) in [5.41, 5.74) is 1.80. The molecule has 0 saturated heterocycles. The zero-order chi connectivity index (χ0) is 12.6. The molecule has 17 heavy (non-hydrogen) atoms. The van der Waals surface area contributed by atoms with E-state index >= 15 is 0 Å². The minimum atomic E-state index is -0.230. The van der Waals surface area contributed by atoms with Gasteiger partial charge in [0.2, 0.25) is 0 Å². The molecule has 0 aliphatic carbocycles. The Morgan fingerprint density at radius 2 is 1.76 bits per heavy atom. The van der Waals surface area contributed by atoms with Gasteiger partial charge < -0.3 is 0 Å². The molecule has 0 fully saturated rings. The van der Waals surface area contributed by atoms with Gasteiger partial charge in [-0.25, -0.2) is 4.39 Å². The van der Waals surface area contributed by atoms with Crippen LogP contribution in [0.2, 0.25) is 0 Å². The Balaban J connectivity index is 2.59. The third-order valence-corrected chi connectivity index (χ3v) is 3.06. The highest BCUT2D eigenvalue weighted by Crippen LogP contribution is 2.32. The van der Waals surface area contributed by atoms with E-state index < -0.39 is 0 Å². The molecule has 0 saturated carbocycles. The van der Waals surface area contributed by atoms with Gasteiger partial charge in [-0.15, -0.1) is 0 Å². The first-order chi connectivity index (χ1) is 7.89. The van der Waals surface area contributed by atoms with Crippen LogP contribution in [0.15, 0.2) is 34.9 Å². The van der Waals surface area contributed by atoms with E-state index in [2.05, 4.69) is 41.8 Å². The molecule has 2 aromatic rings. The largest absolute Gasteiger partial charge is 0.258 e. The average Bonchev–Trinajstić information content (AvgIpc) is 2.61. The number of benzene rings is 1. The molecule has 0 atom stereocenters. The van der Waals surface area contributed by atoms with Gasteiger partial charge in [0.1, 0.15) is 5.82 Å². The Hall–Kier alpha value is -1.16. The standard InChI is InChI=1S/C13H14BrFN2/c1-13(2,3)17-12(11(14)8-16-17)9-4-6-10(15)7-5-9/h4-8H,1-3H3. The van der Waals surface area contributed by atoms with Gasteiger partial charge in [0, 0.05) is 5.56 Å². The quantitative estimate of drug-likeness (QED) is 0.771. The van der Waals surface area contributed by atoms with Crippen molar-refractivity contribution in [3.05, 3.63) is 40.8 Å². The van der Waals surface area contributed by atoms with Crippen LogP contribution in [0.25, 0.3) is 11.3 Å². The first kappa shape index (κ1) is 12.3. The van der Waals surface area contributed by atoms with Crippen molar-refractivity contribution in [3.8, 4) is 11.3 Å². The molecule has 0 radical (unpaired) electrons. The SMILES string of the molecule is CC(C)(C)n1ncc(Br)c1-c1ccc(F)cc1. The van der Waals surface area contributed by atoms with Gasteiger partial charge in [0.05, 0.1) is 21.9 Å². The summed E-state index contributed by atoms with van der Waals surface area (Å²) in [4.78, 5) is 0. The molecule has 0 amide bonds. The molecule has 2 nitrogen and oxygen atoms in total.